The average Bonchev–Trinajstić information content (AvgIpc) is 2.39. The molecule has 0 radical (unpaired) electrons. The van der Waals surface area contributed by atoms with Crippen LogP contribution in [0.5, 0.6) is 5.75 Å². The second-order valence-corrected chi connectivity index (χ2v) is 4.96. The van der Waals surface area contributed by atoms with Crippen LogP contribution in [-0.2, 0) is 6.61 Å². The Balaban J connectivity index is 2.06. The lowest BCUT2D eigenvalue weighted by Gasteiger charge is -2.08. The molecule has 2 rings (SSSR count). The summed E-state index contributed by atoms with van der Waals surface area (Å²) in [6.07, 6.45) is 0. The number of halogens is 2. The van der Waals surface area contributed by atoms with E-state index in [9.17, 15) is 0 Å². The molecule has 0 atom stereocenters. The molecule has 0 spiro atoms. The van der Waals surface area contributed by atoms with E-state index in [1.807, 2.05) is 24.3 Å². The largest absolute Gasteiger partial charge is 0.488 e. The molecule has 0 fully saturated rings. The maximum atomic E-state index is 8.76. The van der Waals surface area contributed by atoms with Gasteiger partial charge in [-0.3, -0.25) is 0 Å². The van der Waals surface area contributed by atoms with E-state index in [1.165, 1.54) is 0 Å². The number of rotatable bonds is 3. The molecule has 2 aromatic rings. The predicted octanol–water partition coefficient (Wildman–Crippen LogP) is 4.55. The van der Waals surface area contributed by atoms with Gasteiger partial charge < -0.3 is 4.74 Å². The standard InChI is InChI=1S/C14H9BrClNO/c15-13-7-11(8-17)3-6-14(13)18-9-10-1-4-12(16)5-2-10/h1-7H,9H2. The van der Waals surface area contributed by atoms with Crippen molar-refractivity contribution in [3.8, 4) is 11.8 Å². The molecular formula is C14H9BrClNO. The lowest BCUT2D eigenvalue weighted by atomic mass is 10.2. The van der Waals surface area contributed by atoms with Crippen LogP contribution in [0.1, 0.15) is 11.1 Å². The summed E-state index contributed by atoms with van der Waals surface area (Å²) in [5, 5.41) is 9.47. The first-order valence-electron chi connectivity index (χ1n) is 5.26. The second kappa shape index (κ2) is 5.90. The summed E-state index contributed by atoms with van der Waals surface area (Å²) in [5.74, 6) is 0.712. The molecule has 2 nitrogen and oxygen atoms in total. The number of ether oxygens (including phenoxy) is 1. The summed E-state index contributed by atoms with van der Waals surface area (Å²) in [7, 11) is 0. The fourth-order valence-corrected chi connectivity index (χ4v) is 2.05. The Morgan fingerprint density at radius 1 is 1.17 bits per heavy atom. The molecule has 0 unspecified atom stereocenters. The molecular weight excluding hydrogens is 314 g/mol. The second-order valence-electron chi connectivity index (χ2n) is 3.67. The van der Waals surface area contributed by atoms with Gasteiger partial charge in [-0.25, -0.2) is 0 Å². The molecule has 90 valence electrons. The molecule has 4 heteroatoms. The van der Waals surface area contributed by atoms with Crippen molar-refractivity contribution in [3.63, 3.8) is 0 Å². The summed E-state index contributed by atoms with van der Waals surface area (Å²) in [5.41, 5.74) is 1.64. The van der Waals surface area contributed by atoms with E-state index in [0.717, 1.165) is 10.0 Å². The molecule has 0 aliphatic heterocycles. The molecule has 0 saturated heterocycles. The van der Waals surface area contributed by atoms with Crippen LogP contribution < -0.4 is 4.74 Å². The summed E-state index contributed by atoms with van der Waals surface area (Å²) in [6, 6.07) is 14.8. The van der Waals surface area contributed by atoms with Crippen LogP contribution in [0.15, 0.2) is 46.9 Å². The normalized spacial score (nSPS) is 9.83. The smallest absolute Gasteiger partial charge is 0.134 e. The third-order valence-corrected chi connectivity index (χ3v) is 3.24. The van der Waals surface area contributed by atoms with Crippen LogP contribution >= 0.6 is 27.5 Å². The van der Waals surface area contributed by atoms with Gasteiger partial charge in [-0.15, -0.1) is 0 Å². The summed E-state index contributed by atoms with van der Waals surface area (Å²) < 4.78 is 6.44. The fourth-order valence-electron chi connectivity index (χ4n) is 1.43. The summed E-state index contributed by atoms with van der Waals surface area (Å²) in [4.78, 5) is 0. The Kier molecular flexibility index (Phi) is 4.24. The Morgan fingerprint density at radius 2 is 1.89 bits per heavy atom. The Morgan fingerprint density at radius 3 is 2.50 bits per heavy atom. The Hall–Kier alpha value is -1.50. The van der Waals surface area contributed by atoms with E-state index < -0.39 is 0 Å². The molecule has 0 N–H and O–H groups in total. The van der Waals surface area contributed by atoms with Crippen molar-refractivity contribution in [2.24, 2.45) is 0 Å². The molecule has 0 amide bonds. The zero-order valence-corrected chi connectivity index (χ0v) is 11.7. The highest BCUT2D eigenvalue weighted by molar-refractivity contribution is 9.10. The van der Waals surface area contributed by atoms with Crippen molar-refractivity contribution < 1.29 is 4.74 Å². The Bertz CT molecular complexity index is 590. The van der Waals surface area contributed by atoms with Crippen LogP contribution in [0.4, 0.5) is 0 Å². The number of hydrogen-bond acceptors (Lipinski definition) is 2. The van der Waals surface area contributed by atoms with Crippen molar-refractivity contribution in [1.29, 1.82) is 5.26 Å². The van der Waals surface area contributed by atoms with E-state index >= 15 is 0 Å². The monoisotopic (exact) mass is 321 g/mol. The maximum absolute atomic E-state index is 8.76. The van der Waals surface area contributed by atoms with Gasteiger partial charge in [-0.1, -0.05) is 23.7 Å². The van der Waals surface area contributed by atoms with Crippen molar-refractivity contribution >= 4 is 27.5 Å². The molecule has 0 bridgehead atoms. The van der Waals surface area contributed by atoms with Crippen LogP contribution in [0, 0.1) is 11.3 Å². The molecule has 0 aliphatic rings. The Labute approximate surface area is 119 Å². The van der Waals surface area contributed by atoms with Gasteiger partial charge in [0.15, 0.2) is 0 Å². The first kappa shape index (κ1) is 12.9. The fraction of sp³-hybridized carbons (Fsp3) is 0.0714. The highest BCUT2D eigenvalue weighted by Gasteiger charge is 2.03. The zero-order chi connectivity index (χ0) is 13.0. The SMILES string of the molecule is N#Cc1ccc(OCc2ccc(Cl)cc2)c(Br)c1. The topological polar surface area (TPSA) is 33.0 Å². The minimum atomic E-state index is 0.460. The molecule has 0 aliphatic carbocycles. The quantitative estimate of drug-likeness (QED) is 0.830. The van der Waals surface area contributed by atoms with E-state index in [2.05, 4.69) is 22.0 Å². The molecule has 18 heavy (non-hydrogen) atoms. The zero-order valence-electron chi connectivity index (χ0n) is 9.36. The van der Waals surface area contributed by atoms with Gasteiger partial charge >= 0.3 is 0 Å². The van der Waals surface area contributed by atoms with Crippen molar-refractivity contribution in [2.45, 2.75) is 6.61 Å². The lowest BCUT2D eigenvalue weighted by Crippen LogP contribution is -1.96. The minimum Gasteiger partial charge on any atom is -0.488 e. The van der Waals surface area contributed by atoms with E-state index in [0.29, 0.717) is 22.9 Å². The predicted molar refractivity (Wildman–Crippen MR) is 74.6 cm³/mol. The third-order valence-electron chi connectivity index (χ3n) is 2.37. The number of hydrogen-bond donors (Lipinski definition) is 0. The van der Waals surface area contributed by atoms with Gasteiger partial charge in [0.2, 0.25) is 0 Å². The lowest BCUT2D eigenvalue weighted by molar-refractivity contribution is 0.304. The van der Waals surface area contributed by atoms with E-state index in [4.69, 9.17) is 21.6 Å². The highest BCUT2D eigenvalue weighted by atomic mass is 79.9. The summed E-state index contributed by atoms with van der Waals surface area (Å²) in [6.45, 7) is 0.460. The van der Waals surface area contributed by atoms with Crippen molar-refractivity contribution in [2.75, 3.05) is 0 Å². The third kappa shape index (κ3) is 3.25. The number of nitriles is 1. The number of nitrogens with zero attached hydrogens (tertiary/aromatic N) is 1. The first-order valence-corrected chi connectivity index (χ1v) is 6.43. The van der Waals surface area contributed by atoms with E-state index in [-0.39, 0.29) is 0 Å². The number of benzene rings is 2. The molecule has 0 heterocycles. The van der Waals surface area contributed by atoms with Crippen LogP contribution in [-0.4, -0.2) is 0 Å². The highest BCUT2D eigenvalue weighted by Crippen LogP contribution is 2.26. The van der Waals surface area contributed by atoms with Gasteiger partial charge in [-0.05, 0) is 51.8 Å². The average molecular weight is 323 g/mol. The molecule has 2 aromatic carbocycles. The van der Waals surface area contributed by atoms with Crippen LogP contribution in [0.3, 0.4) is 0 Å². The van der Waals surface area contributed by atoms with Gasteiger partial charge in [0.25, 0.3) is 0 Å². The van der Waals surface area contributed by atoms with Gasteiger partial charge in [0.05, 0.1) is 16.1 Å². The van der Waals surface area contributed by atoms with Crippen LogP contribution in [0.2, 0.25) is 5.02 Å². The maximum Gasteiger partial charge on any atom is 0.134 e. The molecule has 0 aromatic heterocycles. The van der Waals surface area contributed by atoms with Gasteiger partial charge in [0, 0.05) is 5.02 Å². The first-order chi connectivity index (χ1) is 8.69. The minimum absolute atomic E-state index is 0.460. The van der Waals surface area contributed by atoms with Crippen molar-refractivity contribution in [3.05, 3.63) is 63.1 Å². The van der Waals surface area contributed by atoms with Gasteiger partial charge in [-0.2, -0.15) is 5.26 Å². The van der Waals surface area contributed by atoms with Crippen LogP contribution in [0.25, 0.3) is 0 Å². The van der Waals surface area contributed by atoms with Crippen molar-refractivity contribution in [1.82, 2.24) is 0 Å². The molecule has 0 saturated carbocycles. The van der Waals surface area contributed by atoms with E-state index in [1.54, 1.807) is 18.2 Å². The summed E-state index contributed by atoms with van der Waals surface area (Å²) >= 11 is 9.18. The van der Waals surface area contributed by atoms with Gasteiger partial charge in [0.1, 0.15) is 12.4 Å².